The monoisotopic (exact) mass is 250 g/mol. The summed E-state index contributed by atoms with van der Waals surface area (Å²) in [4.78, 5) is 12.7. The molecular formula is C14H22N2O2. The lowest BCUT2D eigenvalue weighted by Crippen LogP contribution is -2.32. The van der Waals surface area contributed by atoms with Crippen LogP contribution in [0.5, 0.6) is 5.75 Å². The lowest BCUT2D eigenvalue weighted by atomic mass is 10.0. The number of methoxy groups -OCH3 is 1. The Morgan fingerprint density at radius 2 is 2.00 bits per heavy atom. The summed E-state index contributed by atoms with van der Waals surface area (Å²) in [6.45, 7) is 5.23. The number of likely N-dealkylation sites (N-methyl/N-ethyl adjacent to an activating group) is 1. The predicted octanol–water partition coefficient (Wildman–Crippen LogP) is 1.27. The van der Waals surface area contributed by atoms with Crippen LogP contribution in [0.2, 0.25) is 0 Å². The number of primary amides is 1. The van der Waals surface area contributed by atoms with Crippen molar-refractivity contribution >= 4 is 5.91 Å². The molecule has 0 aliphatic carbocycles. The van der Waals surface area contributed by atoms with E-state index in [0.717, 1.165) is 24.3 Å². The first kappa shape index (κ1) is 14.5. The molecule has 1 aromatic carbocycles. The molecule has 0 aliphatic rings. The molecule has 0 fully saturated rings. The summed E-state index contributed by atoms with van der Waals surface area (Å²) < 4.78 is 5.29. The Hall–Kier alpha value is -1.55. The van der Waals surface area contributed by atoms with Crippen LogP contribution in [0, 0.1) is 13.8 Å². The zero-order valence-corrected chi connectivity index (χ0v) is 11.6. The maximum atomic E-state index is 10.8. The number of benzene rings is 1. The number of rotatable bonds is 6. The van der Waals surface area contributed by atoms with E-state index in [1.807, 2.05) is 18.9 Å². The lowest BCUT2D eigenvalue weighted by Gasteiger charge is -2.16. The third-order valence-electron chi connectivity index (χ3n) is 3.04. The van der Waals surface area contributed by atoms with Crippen LogP contribution in [-0.2, 0) is 11.2 Å². The van der Waals surface area contributed by atoms with Crippen molar-refractivity contribution in [3.05, 3.63) is 28.8 Å². The Morgan fingerprint density at radius 3 is 2.56 bits per heavy atom. The number of nitrogens with zero attached hydrogens (tertiary/aromatic N) is 1. The van der Waals surface area contributed by atoms with Gasteiger partial charge in [0.15, 0.2) is 0 Å². The van der Waals surface area contributed by atoms with Crippen molar-refractivity contribution in [2.75, 3.05) is 27.2 Å². The van der Waals surface area contributed by atoms with Gasteiger partial charge in [-0.3, -0.25) is 9.69 Å². The largest absolute Gasteiger partial charge is 0.496 e. The highest BCUT2D eigenvalue weighted by Gasteiger charge is 2.07. The van der Waals surface area contributed by atoms with Crippen molar-refractivity contribution in [3.63, 3.8) is 0 Å². The molecule has 2 N–H and O–H groups in total. The summed E-state index contributed by atoms with van der Waals surface area (Å²) in [6, 6.07) is 4.20. The number of carbonyl (C=O) groups is 1. The van der Waals surface area contributed by atoms with E-state index < -0.39 is 0 Å². The van der Waals surface area contributed by atoms with Crippen molar-refractivity contribution in [3.8, 4) is 5.75 Å². The smallest absolute Gasteiger partial charge is 0.231 e. The number of hydrogen-bond acceptors (Lipinski definition) is 3. The number of ether oxygens (including phenoxy) is 1. The molecule has 0 aliphatic heterocycles. The Morgan fingerprint density at radius 1 is 1.33 bits per heavy atom. The third kappa shape index (κ3) is 4.04. The standard InChI is InChI=1S/C14H22N2O2/c1-10-8-13(18-4)11(2)7-12(10)5-6-16(3)9-14(15)17/h7-8H,5-6,9H2,1-4H3,(H2,15,17). The lowest BCUT2D eigenvalue weighted by molar-refractivity contribution is -0.118. The maximum Gasteiger partial charge on any atom is 0.231 e. The zero-order chi connectivity index (χ0) is 13.7. The molecule has 1 aromatic rings. The highest BCUT2D eigenvalue weighted by atomic mass is 16.5. The molecule has 4 nitrogen and oxygen atoms in total. The molecule has 0 atom stereocenters. The molecule has 4 heteroatoms. The zero-order valence-electron chi connectivity index (χ0n) is 11.6. The quantitative estimate of drug-likeness (QED) is 0.827. The minimum Gasteiger partial charge on any atom is -0.496 e. The normalized spacial score (nSPS) is 10.7. The Bertz CT molecular complexity index is 430. The van der Waals surface area contributed by atoms with Crippen LogP contribution in [0.3, 0.4) is 0 Å². The van der Waals surface area contributed by atoms with Gasteiger partial charge in [-0.2, -0.15) is 0 Å². The molecule has 0 saturated heterocycles. The van der Waals surface area contributed by atoms with Gasteiger partial charge in [0.05, 0.1) is 13.7 Å². The fourth-order valence-electron chi connectivity index (χ4n) is 2.00. The van der Waals surface area contributed by atoms with Crippen molar-refractivity contribution in [1.82, 2.24) is 4.90 Å². The van der Waals surface area contributed by atoms with E-state index in [9.17, 15) is 4.79 Å². The average molecular weight is 250 g/mol. The van der Waals surface area contributed by atoms with Crippen LogP contribution < -0.4 is 10.5 Å². The van der Waals surface area contributed by atoms with E-state index in [0.29, 0.717) is 6.54 Å². The Balaban J connectivity index is 2.68. The fraction of sp³-hybridized carbons (Fsp3) is 0.500. The number of carbonyl (C=O) groups excluding carboxylic acids is 1. The first-order chi connectivity index (χ1) is 8.43. The molecule has 0 unspecified atom stereocenters. The van der Waals surface area contributed by atoms with E-state index in [4.69, 9.17) is 10.5 Å². The van der Waals surface area contributed by atoms with Gasteiger partial charge in [-0.05, 0) is 50.1 Å². The van der Waals surface area contributed by atoms with Crippen LogP contribution in [0.25, 0.3) is 0 Å². The fourth-order valence-corrected chi connectivity index (χ4v) is 2.00. The van der Waals surface area contributed by atoms with Gasteiger partial charge < -0.3 is 10.5 Å². The minimum absolute atomic E-state index is 0.292. The molecule has 1 rings (SSSR count). The van der Waals surface area contributed by atoms with Crippen LogP contribution in [0.15, 0.2) is 12.1 Å². The molecule has 100 valence electrons. The van der Waals surface area contributed by atoms with Gasteiger partial charge in [-0.25, -0.2) is 0 Å². The van der Waals surface area contributed by atoms with Gasteiger partial charge in [-0.15, -0.1) is 0 Å². The van der Waals surface area contributed by atoms with Gasteiger partial charge in [0.25, 0.3) is 0 Å². The maximum absolute atomic E-state index is 10.8. The second-order valence-corrected chi connectivity index (χ2v) is 4.70. The summed E-state index contributed by atoms with van der Waals surface area (Å²) in [7, 11) is 3.58. The number of aryl methyl sites for hydroxylation is 2. The summed E-state index contributed by atoms with van der Waals surface area (Å²) in [5.74, 6) is 0.627. The van der Waals surface area contributed by atoms with E-state index in [2.05, 4.69) is 19.1 Å². The SMILES string of the molecule is COc1cc(C)c(CCN(C)CC(N)=O)cc1C. The molecule has 0 saturated carbocycles. The number of hydrogen-bond donors (Lipinski definition) is 1. The van der Waals surface area contributed by atoms with Gasteiger partial charge in [-0.1, -0.05) is 6.07 Å². The first-order valence-corrected chi connectivity index (χ1v) is 6.05. The minimum atomic E-state index is -0.292. The molecule has 0 aromatic heterocycles. The third-order valence-corrected chi connectivity index (χ3v) is 3.04. The second kappa shape index (κ2) is 6.40. The molecule has 1 amide bonds. The summed E-state index contributed by atoms with van der Waals surface area (Å²) in [6.07, 6.45) is 0.903. The van der Waals surface area contributed by atoms with E-state index in [1.165, 1.54) is 11.1 Å². The topological polar surface area (TPSA) is 55.6 Å². The Labute approximate surface area is 109 Å². The van der Waals surface area contributed by atoms with Crippen LogP contribution in [-0.4, -0.2) is 38.1 Å². The molecule has 0 bridgehead atoms. The summed E-state index contributed by atoms with van der Waals surface area (Å²) >= 11 is 0. The molecule has 0 radical (unpaired) electrons. The summed E-state index contributed by atoms with van der Waals surface area (Å²) in [5.41, 5.74) is 8.79. The van der Waals surface area contributed by atoms with E-state index >= 15 is 0 Å². The Kier molecular flexibility index (Phi) is 5.16. The van der Waals surface area contributed by atoms with Crippen molar-refractivity contribution in [1.29, 1.82) is 0 Å². The molecule has 0 heterocycles. The van der Waals surface area contributed by atoms with Crippen molar-refractivity contribution in [2.45, 2.75) is 20.3 Å². The van der Waals surface area contributed by atoms with E-state index in [1.54, 1.807) is 7.11 Å². The second-order valence-electron chi connectivity index (χ2n) is 4.70. The van der Waals surface area contributed by atoms with E-state index in [-0.39, 0.29) is 5.91 Å². The van der Waals surface area contributed by atoms with Gasteiger partial charge in [0.2, 0.25) is 5.91 Å². The average Bonchev–Trinajstić information content (AvgIpc) is 2.28. The van der Waals surface area contributed by atoms with Gasteiger partial charge in [0, 0.05) is 6.54 Å². The number of amides is 1. The molecular weight excluding hydrogens is 228 g/mol. The molecule has 0 spiro atoms. The van der Waals surface area contributed by atoms with Crippen molar-refractivity contribution in [2.24, 2.45) is 5.73 Å². The first-order valence-electron chi connectivity index (χ1n) is 6.05. The van der Waals surface area contributed by atoms with Gasteiger partial charge >= 0.3 is 0 Å². The van der Waals surface area contributed by atoms with Crippen LogP contribution in [0.4, 0.5) is 0 Å². The van der Waals surface area contributed by atoms with Gasteiger partial charge in [0.1, 0.15) is 5.75 Å². The van der Waals surface area contributed by atoms with Crippen molar-refractivity contribution < 1.29 is 9.53 Å². The predicted molar refractivity (Wildman–Crippen MR) is 72.9 cm³/mol. The van der Waals surface area contributed by atoms with Crippen LogP contribution in [0.1, 0.15) is 16.7 Å². The number of nitrogens with two attached hydrogens (primary N) is 1. The highest BCUT2D eigenvalue weighted by Crippen LogP contribution is 2.22. The highest BCUT2D eigenvalue weighted by molar-refractivity contribution is 5.75. The summed E-state index contributed by atoms with van der Waals surface area (Å²) in [5, 5.41) is 0. The van der Waals surface area contributed by atoms with Crippen LogP contribution >= 0.6 is 0 Å². The molecule has 18 heavy (non-hydrogen) atoms.